The Hall–Kier alpha value is -2.11. The van der Waals surface area contributed by atoms with Crippen molar-refractivity contribution < 1.29 is 14.3 Å². The number of hydrogen-bond donors (Lipinski definition) is 1. The van der Waals surface area contributed by atoms with E-state index in [0.717, 1.165) is 11.1 Å². The van der Waals surface area contributed by atoms with Crippen LogP contribution in [-0.4, -0.2) is 23.5 Å². The topological polar surface area (TPSA) is 68.3 Å². The summed E-state index contributed by atoms with van der Waals surface area (Å²) in [5.41, 5.74) is 2.75. The molecule has 0 unspecified atom stereocenters. The Morgan fingerprint density at radius 2 is 1.78 bits per heavy atom. The number of carbonyl (C=O) groups is 2. The summed E-state index contributed by atoms with van der Waals surface area (Å²) in [5, 5.41) is 2.85. The molecule has 23 heavy (non-hydrogen) atoms. The van der Waals surface area contributed by atoms with Crippen molar-refractivity contribution in [2.45, 2.75) is 13.8 Å². The third-order valence-corrected chi connectivity index (χ3v) is 3.39. The highest BCUT2D eigenvalue weighted by Crippen LogP contribution is 2.17. The van der Waals surface area contributed by atoms with Crippen LogP contribution < -0.4 is 5.32 Å². The van der Waals surface area contributed by atoms with Gasteiger partial charge in [-0.25, -0.2) is 9.78 Å². The number of aromatic nitrogens is 1. The molecule has 0 saturated heterocycles. The van der Waals surface area contributed by atoms with Crippen LogP contribution in [0.15, 0.2) is 30.3 Å². The number of esters is 1. The fourth-order valence-electron chi connectivity index (χ4n) is 1.85. The number of carbonyl (C=O) groups excluding carboxylic acids is 2. The van der Waals surface area contributed by atoms with Gasteiger partial charge in [-0.1, -0.05) is 35.3 Å². The number of rotatable bonds is 4. The summed E-state index contributed by atoms with van der Waals surface area (Å²) in [6.45, 7) is 3.39. The van der Waals surface area contributed by atoms with Gasteiger partial charge in [0.25, 0.3) is 5.91 Å². The molecule has 120 valence electrons. The van der Waals surface area contributed by atoms with Crippen LogP contribution in [-0.2, 0) is 9.53 Å². The second-order valence-electron chi connectivity index (χ2n) is 4.94. The summed E-state index contributed by atoms with van der Waals surface area (Å²) in [6, 6.07) is 8.33. The zero-order chi connectivity index (χ0) is 17.0. The summed E-state index contributed by atoms with van der Waals surface area (Å²) in [7, 11) is 0. The lowest BCUT2D eigenvalue weighted by Gasteiger charge is -2.10. The zero-order valence-electron chi connectivity index (χ0n) is 12.5. The molecule has 2 aromatic rings. The van der Waals surface area contributed by atoms with Crippen LogP contribution >= 0.6 is 23.2 Å². The largest absolute Gasteiger partial charge is 0.452 e. The van der Waals surface area contributed by atoms with Crippen LogP contribution in [0.5, 0.6) is 0 Å². The van der Waals surface area contributed by atoms with Gasteiger partial charge in [0, 0.05) is 5.69 Å². The molecule has 0 radical (unpaired) electrons. The molecule has 0 aliphatic carbocycles. The number of anilines is 1. The highest BCUT2D eigenvalue weighted by molar-refractivity contribution is 6.32. The summed E-state index contributed by atoms with van der Waals surface area (Å²) in [4.78, 5) is 27.5. The van der Waals surface area contributed by atoms with Gasteiger partial charge in [-0.3, -0.25) is 4.79 Å². The minimum absolute atomic E-state index is 0.0734. The van der Waals surface area contributed by atoms with Crippen LogP contribution in [0.2, 0.25) is 10.3 Å². The maximum Gasteiger partial charge on any atom is 0.338 e. The highest BCUT2D eigenvalue weighted by Gasteiger charge is 2.13. The van der Waals surface area contributed by atoms with Crippen LogP contribution in [0, 0.1) is 13.8 Å². The van der Waals surface area contributed by atoms with E-state index >= 15 is 0 Å². The summed E-state index contributed by atoms with van der Waals surface area (Å²) >= 11 is 11.4. The van der Waals surface area contributed by atoms with Crippen molar-refractivity contribution in [3.63, 3.8) is 0 Å². The molecule has 1 heterocycles. The first kappa shape index (κ1) is 17.2. The molecule has 2 rings (SSSR count). The fraction of sp³-hybridized carbons (Fsp3) is 0.188. The van der Waals surface area contributed by atoms with Gasteiger partial charge in [-0.05, 0) is 43.2 Å². The second kappa shape index (κ2) is 7.44. The first-order valence-corrected chi connectivity index (χ1v) is 7.48. The zero-order valence-corrected chi connectivity index (χ0v) is 14.0. The van der Waals surface area contributed by atoms with E-state index in [4.69, 9.17) is 27.9 Å². The third kappa shape index (κ3) is 4.94. The van der Waals surface area contributed by atoms with E-state index in [9.17, 15) is 9.59 Å². The molecule has 0 aliphatic rings. The lowest BCUT2D eigenvalue weighted by molar-refractivity contribution is -0.119. The molecule has 5 nitrogen and oxygen atoms in total. The molecular weight excluding hydrogens is 339 g/mol. The molecule has 1 aromatic carbocycles. The minimum Gasteiger partial charge on any atom is -0.452 e. The molecule has 1 aromatic heterocycles. The van der Waals surface area contributed by atoms with Crippen LogP contribution in [0.4, 0.5) is 5.69 Å². The summed E-state index contributed by atoms with van der Waals surface area (Å²) < 4.78 is 4.95. The van der Waals surface area contributed by atoms with E-state index in [2.05, 4.69) is 10.3 Å². The molecule has 0 aliphatic heterocycles. The van der Waals surface area contributed by atoms with Crippen molar-refractivity contribution >= 4 is 40.8 Å². The Bertz CT molecular complexity index is 743. The fourth-order valence-corrected chi connectivity index (χ4v) is 2.31. The number of ether oxygens (including phenoxy) is 1. The summed E-state index contributed by atoms with van der Waals surface area (Å²) in [5.74, 6) is -1.13. The average molecular weight is 353 g/mol. The van der Waals surface area contributed by atoms with Gasteiger partial charge >= 0.3 is 5.97 Å². The molecule has 0 atom stereocenters. The van der Waals surface area contributed by atoms with Crippen molar-refractivity contribution in [2.24, 2.45) is 0 Å². The summed E-state index contributed by atoms with van der Waals surface area (Å²) in [6.07, 6.45) is 0. The Morgan fingerprint density at radius 3 is 2.43 bits per heavy atom. The minimum atomic E-state index is -0.702. The number of halogens is 2. The van der Waals surface area contributed by atoms with Gasteiger partial charge in [0.1, 0.15) is 10.3 Å². The Balaban J connectivity index is 1.96. The Kier molecular flexibility index (Phi) is 5.58. The maximum atomic E-state index is 11.9. The van der Waals surface area contributed by atoms with E-state index in [1.807, 2.05) is 32.0 Å². The lowest BCUT2D eigenvalue weighted by atomic mass is 10.1. The van der Waals surface area contributed by atoms with E-state index in [-0.39, 0.29) is 15.9 Å². The monoisotopic (exact) mass is 352 g/mol. The SMILES string of the molecule is Cc1ccc(C)c(NC(=O)COC(=O)c2cc(Cl)nc(Cl)c2)c1. The molecule has 0 fully saturated rings. The molecule has 0 saturated carbocycles. The normalized spacial score (nSPS) is 10.3. The predicted octanol–water partition coefficient (Wildman–Crippen LogP) is 3.80. The van der Waals surface area contributed by atoms with Gasteiger partial charge in [-0.15, -0.1) is 0 Å². The Labute approximate surface area is 143 Å². The van der Waals surface area contributed by atoms with Crippen molar-refractivity contribution in [3.05, 3.63) is 57.3 Å². The molecular formula is C16H14Cl2N2O3. The van der Waals surface area contributed by atoms with Gasteiger partial charge < -0.3 is 10.1 Å². The first-order chi connectivity index (χ1) is 10.8. The van der Waals surface area contributed by atoms with E-state index in [0.29, 0.717) is 5.69 Å². The molecule has 0 bridgehead atoms. The van der Waals surface area contributed by atoms with Crippen molar-refractivity contribution in [3.8, 4) is 0 Å². The molecule has 7 heteroatoms. The number of nitrogens with zero attached hydrogens (tertiary/aromatic N) is 1. The third-order valence-electron chi connectivity index (χ3n) is 3.00. The maximum absolute atomic E-state index is 11.9. The standard InChI is InChI=1S/C16H14Cl2N2O3/c1-9-3-4-10(2)12(5-9)19-15(21)8-23-16(22)11-6-13(17)20-14(18)7-11/h3-7H,8H2,1-2H3,(H,19,21). The van der Waals surface area contributed by atoms with Crippen molar-refractivity contribution in [1.82, 2.24) is 4.98 Å². The van der Waals surface area contributed by atoms with E-state index < -0.39 is 18.5 Å². The van der Waals surface area contributed by atoms with Gasteiger partial charge in [0.15, 0.2) is 6.61 Å². The van der Waals surface area contributed by atoms with Crippen LogP contribution in [0.1, 0.15) is 21.5 Å². The van der Waals surface area contributed by atoms with Crippen LogP contribution in [0.3, 0.4) is 0 Å². The van der Waals surface area contributed by atoms with Crippen LogP contribution in [0.25, 0.3) is 0 Å². The number of amides is 1. The number of pyridine rings is 1. The number of benzene rings is 1. The molecule has 1 amide bonds. The quantitative estimate of drug-likeness (QED) is 0.671. The van der Waals surface area contributed by atoms with Gasteiger partial charge in [0.2, 0.25) is 0 Å². The van der Waals surface area contributed by atoms with Crippen molar-refractivity contribution in [2.75, 3.05) is 11.9 Å². The van der Waals surface area contributed by atoms with Gasteiger partial charge in [-0.2, -0.15) is 0 Å². The van der Waals surface area contributed by atoms with Crippen molar-refractivity contribution in [1.29, 1.82) is 0 Å². The smallest absolute Gasteiger partial charge is 0.338 e. The lowest BCUT2D eigenvalue weighted by Crippen LogP contribution is -2.21. The molecule has 0 spiro atoms. The highest BCUT2D eigenvalue weighted by atomic mass is 35.5. The predicted molar refractivity (Wildman–Crippen MR) is 89.1 cm³/mol. The van der Waals surface area contributed by atoms with E-state index in [1.54, 1.807) is 0 Å². The first-order valence-electron chi connectivity index (χ1n) is 6.72. The Morgan fingerprint density at radius 1 is 1.13 bits per heavy atom. The second-order valence-corrected chi connectivity index (χ2v) is 5.72. The van der Waals surface area contributed by atoms with Gasteiger partial charge in [0.05, 0.1) is 5.56 Å². The van der Waals surface area contributed by atoms with E-state index in [1.165, 1.54) is 12.1 Å². The number of nitrogens with one attached hydrogen (secondary N) is 1. The number of aryl methyl sites for hydroxylation is 2. The number of hydrogen-bond acceptors (Lipinski definition) is 4. The molecule has 1 N–H and O–H groups in total. The average Bonchev–Trinajstić information content (AvgIpc) is 2.47.